The second kappa shape index (κ2) is 10.8. The molecule has 2 aromatic carbocycles. The first kappa shape index (κ1) is 23.4. The molecule has 2 aromatic rings. The number of carbonyl (C=O) groups excluding carboxylic acids is 1. The second-order valence-electron chi connectivity index (χ2n) is 5.77. The van der Waals surface area contributed by atoms with Crippen molar-refractivity contribution in [1.29, 1.82) is 0 Å². The molecule has 9 heteroatoms. The summed E-state index contributed by atoms with van der Waals surface area (Å²) >= 11 is 3.48. The second-order valence-corrected chi connectivity index (χ2v) is 6.65. The van der Waals surface area contributed by atoms with Gasteiger partial charge in [0.25, 0.3) is 0 Å². The molecule has 0 atom stereocenters. The van der Waals surface area contributed by atoms with Crippen LogP contribution in [-0.2, 0) is 6.42 Å². The Hall–Kier alpha value is -1.89. The molecule has 0 saturated heterocycles. The van der Waals surface area contributed by atoms with Crippen molar-refractivity contribution in [3.8, 4) is 34.5 Å². The van der Waals surface area contributed by atoms with E-state index >= 15 is 0 Å². The Bertz CT molecular complexity index is 912. The molecule has 0 aliphatic heterocycles. The summed E-state index contributed by atoms with van der Waals surface area (Å²) in [6, 6.07) is 6.99. The first-order valence-corrected chi connectivity index (χ1v) is 10.0. The van der Waals surface area contributed by atoms with E-state index in [0.29, 0.717) is 35.0 Å². The molecule has 7 nitrogen and oxygen atoms in total. The van der Waals surface area contributed by atoms with Gasteiger partial charge in [0.15, 0.2) is 80.5 Å². The lowest BCUT2D eigenvalue weighted by Gasteiger charge is -2.18. The first-order valence-electron chi connectivity index (χ1n) is 8.25. The van der Waals surface area contributed by atoms with E-state index in [1.807, 2.05) is 6.07 Å². The molecule has 0 aliphatic carbocycles. The number of carbonyl (C=O) groups is 1. The van der Waals surface area contributed by atoms with Crippen molar-refractivity contribution in [2.75, 3.05) is 28.4 Å². The molecule has 0 N–H and O–H groups in total. The fourth-order valence-corrected chi connectivity index (χ4v) is 3.50. The Balaban J connectivity index is 2.44. The number of rotatable bonds is 10. The summed E-state index contributed by atoms with van der Waals surface area (Å²) in [5, 5.41) is 0. The molecule has 0 aromatic heterocycles. The van der Waals surface area contributed by atoms with E-state index in [4.69, 9.17) is 25.1 Å². The van der Waals surface area contributed by atoms with Gasteiger partial charge in [-0.3, -0.25) is 4.79 Å². The molecule has 0 spiro atoms. The summed E-state index contributed by atoms with van der Waals surface area (Å²) < 4.78 is 32.1. The highest BCUT2D eigenvalue weighted by atomic mass is 127. The SMILES string of the molecule is C=C(Cc1ccc(OC)c(OI)c1)C(=O)c1c(OI)cc(OC)c(OC)c1OC. The molecular formula is C20H20I2O7. The largest absolute Gasteiger partial charge is 0.493 e. The van der Waals surface area contributed by atoms with Gasteiger partial charge in [-0.2, -0.15) is 0 Å². The normalized spacial score (nSPS) is 10.1. The molecular weight excluding hydrogens is 606 g/mol. The smallest absolute Gasteiger partial charge is 0.204 e. The highest BCUT2D eigenvalue weighted by molar-refractivity contribution is 14.1. The number of benzene rings is 2. The van der Waals surface area contributed by atoms with Crippen LogP contribution in [0.25, 0.3) is 0 Å². The van der Waals surface area contributed by atoms with Crippen LogP contribution in [0.3, 0.4) is 0 Å². The van der Waals surface area contributed by atoms with Gasteiger partial charge in [-0.05, 0) is 23.3 Å². The van der Waals surface area contributed by atoms with Gasteiger partial charge in [-0.1, -0.05) is 12.6 Å². The molecule has 0 heterocycles. The number of methoxy groups -OCH3 is 4. The van der Waals surface area contributed by atoms with Crippen LogP contribution in [0.1, 0.15) is 15.9 Å². The van der Waals surface area contributed by atoms with Crippen molar-refractivity contribution in [2.24, 2.45) is 0 Å². The van der Waals surface area contributed by atoms with Crippen molar-refractivity contribution in [1.82, 2.24) is 0 Å². The average molecular weight is 626 g/mol. The third kappa shape index (κ3) is 5.00. The lowest BCUT2D eigenvalue weighted by atomic mass is 9.96. The molecule has 0 radical (unpaired) electrons. The molecule has 0 aliphatic rings. The van der Waals surface area contributed by atoms with Crippen LogP contribution in [0.2, 0.25) is 0 Å². The summed E-state index contributed by atoms with van der Waals surface area (Å²) in [5.41, 5.74) is 1.39. The Labute approximate surface area is 197 Å². The summed E-state index contributed by atoms with van der Waals surface area (Å²) in [5.74, 6) is 2.02. The Morgan fingerprint density at radius 2 is 1.45 bits per heavy atom. The minimum atomic E-state index is -0.331. The number of hydrogen-bond donors (Lipinski definition) is 0. The van der Waals surface area contributed by atoms with Crippen LogP contribution in [-0.4, -0.2) is 34.2 Å². The maximum Gasteiger partial charge on any atom is 0.204 e. The fourth-order valence-electron chi connectivity index (χ4n) is 2.80. The number of allylic oxidation sites excluding steroid dienone is 1. The van der Waals surface area contributed by atoms with Gasteiger partial charge in [0, 0.05) is 12.5 Å². The van der Waals surface area contributed by atoms with Crippen LogP contribution >= 0.6 is 46.0 Å². The van der Waals surface area contributed by atoms with Crippen LogP contribution in [0, 0.1) is 0 Å². The molecule has 2 rings (SSSR count). The van der Waals surface area contributed by atoms with Gasteiger partial charge in [0.1, 0.15) is 5.56 Å². The molecule has 156 valence electrons. The highest BCUT2D eigenvalue weighted by Gasteiger charge is 2.28. The summed E-state index contributed by atoms with van der Waals surface area (Å²) in [6.45, 7) is 3.96. The average Bonchev–Trinajstić information content (AvgIpc) is 2.76. The van der Waals surface area contributed by atoms with Crippen LogP contribution in [0.5, 0.6) is 34.5 Å². The quantitative estimate of drug-likeness (QED) is 0.205. The molecule has 0 unspecified atom stereocenters. The first-order chi connectivity index (χ1) is 13.9. The fraction of sp³-hybridized carbons (Fsp3) is 0.250. The number of ketones is 1. The van der Waals surface area contributed by atoms with Gasteiger partial charge in [-0.25, -0.2) is 0 Å². The minimum Gasteiger partial charge on any atom is -0.493 e. The van der Waals surface area contributed by atoms with E-state index < -0.39 is 0 Å². The van der Waals surface area contributed by atoms with Gasteiger partial charge in [0.05, 0.1) is 28.4 Å². The van der Waals surface area contributed by atoms with Crippen molar-refractivity contribution in [3.63, 3.8) is 0 Å². The van der Waals surface area contributed by atoms with E-state index in [1.54, 1.807) is 71.3 Å². The predicted octanol–water partition coefficient (Wildman–Crippen LogP) is 5.16. The van der Waals surface area contributed by atoms with Gasteiger partial charge in [0.2, 0.25) is 5.75 Å². The standard InChI is InChI=1S/C20H20I2O7/c1-11(8-12-6-7-13(24-2)14(9-12)28-21)18(23)17-15(29-22)10-16(25-3)19(26-4)20(17)27-5/h6-7,9-10H,1,8H2,2-5H3. The Morgan fingerprint density at radius 3 is 1.97 bits per heavy atom. The van der Waals surface area contributed by atoms with E-state index in [0.717, 1.165) is 5.56 Å². The lowest BCUT2D eigenvalue weighted by Crippen LogP contribution is -2.10. The highest BCUT2D eigenvalue weighted by Crippen LogP contribution is 2.46. The van der Waals surface area contributed by atoms with Gasteiger partial charge in [-0.15, -0.1) is 0 Å². The molecule has 0 saturated carbocycles. The molecule has 29 heavy (non-hydrogen) atoms. The van der Waals surface area contributed by atoms with E-state index in [-0.39, 0.29) is 22.8 Å². The van der Waals surface area contributed by atoms with Crippen molar-refractivity contribution < 1.29 is 29.9 Å². The maximum atomic E-state index is 13.2. The summed E-state index contributed by atoms with van der Waals surface area (Å²) in [6.07, 6.45) is 0.300. The van der Waals surface area contributed by atoms with Crippen molar-refractivity contribution in [2.45, 2.75) is 6.42 Å². The molecule has 0 bridgehead atoms. The van der Waals surface area contributed by atoms with E-state index in [1.165, 1.54) is 21.3 Å². The zero-order valence-corrected chi connectivity index (χ0v) is 20.7. The molecule has 0 amide bonds. The zero-order chi connectivity index (χ0) is 21.6. The predicted molar refractivity (Wildman–Crippen MR) is 126 cm³/mol. The van der Waals surface area contributed by atoms with Crippen LogP contribution in [0.4, 0.5) is 0 Å². The lowest BCUT2D eigenvalue weighted by molar-refractivity contribution is 0.102. The number of hydrogen-bond acceptors (Lipinski definition) is 7. The zero-order valence-electron chi connectivity index (χ0n) is 16.3. The Kier molecular flexibility index (Phi) is 8.68. The van der Waals surface area contributed by atoms with Gasteiger partial charge < -0.3 is 25.1 Å². The topological polar surface area (TPSA) is 72.5 Å². The van der Waals surface area contributed by atoms with Crippen molar-refractivity contribution in [3.05, 3.63) is 47.5 Å². The number of ether oxygens (including phenoxy) is 4. The minimum absolute atomic E-state index is 0.212. The summed E-state index contributed by atoms with van der Waals surface area (Å²) in [4.78, 5) is 13.2. The Morgan fingerprint density at radius 1 is 0.828 bits per heavy atom. The molecule has 0 fully saturated rings. The van der Waals surface area contributed by atoms with E-state index in [9.17, 15) is 4.79 Å². The number of halogens is 2. The van der Waals surface area contributed by atoms with Crippen LogP contribution < -0.4 is 25.1 Å². The number of Topliss-reactive ketones (excluding diaryl/α,β-unsaturated/α-hetero) is 1. The van der Waals surface area contributed by atoms with E-state index in [2.05, 4.69) is 6.58 Å². The summed E-state index contributed by atoms with van der Waals surface area (Å²) in [7, 11) is 5.97. The third-order valence-corrected chi connectivity index (χ3v) is 5.10. The van der Waals surface area contributed by atoms with Crippen molar-refractivity contribution >= 4 is 51.8 Å². The third-order valence-electron chi connectivity index (χ3n) is 4.15. The van der Waals surface area contributed by atoms with Gasteiger partial charge >= 0.3 is 0 Å². The monoisotopic (exact) mass is 626 g/mol. The van der Waals surface area contributed by atoms with Crippen LogP contribution in [0.15, 0.2) is 36.4 Å². The maximum absolute atomic E-state index is 13.2.